The molecule has 2 rings (SSSR count). The number of hydrogen-bond acceptors (Lipinski definition) is 13. The molecule has 14 nitrogen and oxygen atoms in total. The van der Waals surface area contributed by atoms with Crippen LogP contribution in [0.25, 0.3) is 0 Å². The number of likely N-dealkylation sites (tertiary alicyclic amines) is 1. The van der Waals surface area contributed by atoms with Gasteiger partial charge in [-0.1, -0.05) is 156 Å². The van der Waals surface area contributed by atoms with E-state index in [1.165, 1.54) is 96.3 Å². The van der Waals surface area contributed by atoms with Gasteiger partial charge in [-0.25, -0.2) is 4.79 Å². The Balaban J connectivity index is 2.00. The summed E-state index contributed by atoms with van der Waals surface area (Å²) < 4.78 is 40.8. The summed E-state index contributed by atoms with van der Waals surface area (Å²) in [6, 6.07) is 5.48. The normalized spacial score (nSPS) is 13.0. The van der Waals surface area contributed by atoms with Gasteiger partial charge in [-0.05, 0) is 112 Å². The van der Waals surface area contributed by atoms with Gasteiger partial charge in [0.2, 0.25) is 0 Å². The van der Waals surface area contributed by atoms with Crippen molar-refractivity contribution < 1.29 is 57.1 Å². The van der Waals surface area contributed by atoms with Crippen LogP contribution in [-0.2, 0) is 72.2 Å². The van der Waals surface area contributed by atoms with E-state index < -0.39 is 24.5 Å². The smallest absolute Gasteiger partial charge is 0.407 e. The monoisotopic (exact) mass is 1070 g/mol. The molecular formula is C62H108N2O12. The minimum absolute atomic E-state index is 0.0167. The molecular weight excluding hydrogens is 965 g/mol. The molecule has 1 aromatic rings. The Morgan fingerprint density at radius 2 is 0.842 bits per heavy atom. The number of nitrogens with one attached hydrogen (secondary N) is 1. The molecule has 1 amide bonds. The van der Waals surface area contributed by atoms with Crippen LogP contribution in [0.15, 0.2) is 18.2 Å². The van der Waals surface area contributed by atoms with Crippen LogP contribution in [0.2, 0.25) is 0 Å². The molecule has 1 aliphatic heterocycles. The number of nitrogens with zero attached hydrogens (tertiary/aromatic N) is 1. The zero-order valence-corrected chi connectivity index (χ0v) is 48.6. The fraction of sp³-hybridized carbons (Fsp3) is 0.823. The Kier molecular flexibility index (Phi) is 43.5. The second-order valence-corrected chi connectivity index (χ2v) is 21.2. The van der Waals surface area contributed by atoms with Gasteiger partial charge < -0.3 is 43.4 Å². The van der Waals surface area contributed by atoms with Crippen LogP contribution in [0.3, 0.4) is 0 Å². The van der Waals surface area contributed by atoms with Crippen molar-refractivity contribution in [2.75, 3.05) is 46.0 Å². The third-order valence-corrected chi connectivity index (χ3v) is 14.0. The van der Waals surface area contributed by atoms with Crippen LogP contribution >= 0.6 is 0 Å². The number of esters is 4. The van der Waals surface area contributed by atoms with Crippen LogP contribution in [0.1, 0.15) is 269 Å². The van der Waals surface area contributed by atoms with Gasteiger partial charge in [0.15, 0.2) is 6.29 Å². The first kappa shape index (κ1) is 68.4. The standard InChI is InChI=1S/C62H108N2O12/c1-5-9-13-17-20-23-30-44-70-57(65)34-26-24-27-35-58(66)73-50-53-47-54(51-74-59(67)37-36-56(33-25-16-12-8-4)76-62(69)63-40-43-64-41-28-29-42-64)49-55(48-53)52-75-60(68)38-39-61(71-45-31-21-18-14-10-6-2)72-46-32-22-19-15-11-7-3/h47-49,56,61H,5-46,50-52H2,1-4H3,(H,63,69). The molecule has 14 heteroatoms. The predicted molar refractivity (Wildman–Crippen MR) is 301 cm³/mol. The van der Waals surface area contributed by atoms with Gasteiger partial charge in [0, 0.05) is 52.0 Å². The summed E-state index contributed by atoms with van der Waals surface area (Å²) in [6.07, 6.45) is 31.3. The molecule has 1 unspecified atom stereocenters. The van der Waals surface area contributed by atoms with Crippen molar-refractivity contribution in [1.82, 2.24) is 10.2 Å². The highest BCUT2D eigenvalue weighted by Gasteiger charge is 2.19. The Labute approximate surface area is 461 Å². The molecule has 76 heavy (non-hydrogen) atoms. The lowest BCUT2D eigenvalue weighted by Crippen LogP contribution is -2.35. The minimum Gasteiger partial charge on any atom is -0.466 e. The number of amides is 1. The van der Waals surface area contributed by atoms with Gasteiger partial charge >= 0.3 is 30.0 Å². The number of alkyl carbamates (subject to hydrolysis) is 1. The summed E-state index contributed by atoms with van der Waals surface area (Å²) in [5, 5.41) is 2.89. The highest BCUT2D eigenvalue weighted by molar-refractivity contribution is 5.71. The van der Waals surface area contributed by atoms with Crippen molar-refractivity contribution in [3.05, 3.63) is 34.9 Å². The topological polar surface area (TPSA) is 165 Å². The zero-order valence-electron chi connectivity index (χ0n) is 48.6. The van der Waals surface area contributed by atoms with Crippen molar-refractivity contribution in [1.29, 1.82) is 0 Å². The van der Waals surface area contributed by atoms with Crippen LogP contribution in [-0.4, -0.2) is 93.3 Å². The fourth-order valence-corrected chi connectivity index (χ4v) is 9.33. The minimum atomic E-state index is -0.483. The Bertz CT molecular complexity index is 1600. The van der Waals surface area contributed by atoms with Gasteiger partial charge in [0.05, 0.1) is 13.0 Å². The average Bonchev–Trinajstić information content (AvgIpc) is 3.94. The van der Waals surface area contributed by atoms with E-state index in [-0.39, 0.29) is 57.0 Å². The van der Waals surface area contributed by atoms with Gasteiger partial charge in [-0.15, -0.1) is 0 Å². The number of carbonyl (C=O) groups is 5. The van der Waals surface area contributed by atoms with Crippen molar-refractivity contribution in [2.45, 2.75) is 285 Å². The van der Waals surface area contributed by atoms with E-state index in [2.05, 4.69) is 37.9 Å². The van der Waals surface area contributed by atoms with Crippen LogP contribution in [0.5, 0.6) is 0 Å². The molecule has 438 valence electrons. The average molecular weight is 1070 g/mol. The van der Waals surface area contributed by atoms with E-state index in [0.717, 1.165) is 83.8 Å². The third-order valence-electron chi connectivity index (χ3n) is 14.0. The van der Waals surface area contributed by atoms with E-state index in [1.54, 1.807) is 0 Å². The van der Waals surface area contributed by atoms with E-state index in [0.29, 0.717) is 88.0 Å². The molecule has 0 saturated carbocycles. The second-order valence-electron chi connectivity index (χ2n) is 21.2. The maximum Gasteiger partial charge on any atom is 0.407 e. The molecule has 0 aliphatic carbocycles. The molecule has 0 aromatic heterocycles. The van der Waals surface area contributed by atoms with Crippen LogP contribution in [0, 0.1) is 0 Å². The van der Waals surface area contributed by atoms with Crippen LogP contribution in [0.4, 0.5) is 4.79 Å². The predicted octanol–water partition coefficient (Wildman–Crippen LogP) is 14.9. The Hall–Kier alpha value is -3.75. The lowest BCUT2D eigenvalue weighted by atomic mass is 10.1. The van der Waals surface area contributed by atoms with E-state index in [9.17, 15) is 24.0 Å². The maximum absolute atomic E-state index is 13.2. The van der Waals surface area contributed by atoms with Gasteiger partial charge in [-0.3, -0.25) is 19.2 Å². The maximum atomic E-state index is 13.2. The first-order valence-corrected chi connectivity index (χ1v) is 30.8. The zero-order chi connectivity index (χ0) is 54.9. The summed E-state index contributed by atoms with van der Waals surface area (Å²) >= 11 is 0. The van der Waals surface area contributed by atoms with E-state index in [4.69, 9.17) is 33.2 Å². The van der Waals surface area contributed by atoms with Gasteiger partial charge in [-0.2, -0.15) is 0 Å². The SMILES string of the molecule is CCCCCCCCCOC(=O)CCCCCC(=O)OCc1cc(COC(=O)CCC(CCCCCC)OC(=O)NCCN2CCCC2)cc(COC(=O)CCC(OCCCCCCCC)OCCCCCCCC)c1. The number of hydrogen-bond donors (Lipinski definition) is 1. The molecule has 1 N–H and O–H groups in total. The highest BCUT2D eigenvalue weighted by Crippen LogP contribution is 2.19. The fourth-order valence-electron chi connectivity index (χ4n) is 9.33. The number of rotatable bonds is 51. The Morgan fingerprint density at radius 3 is 1.33 bits per heavy atom. The molecule has 1 atom stereocenters. The lowest BCUT2D eigenvalue weighted by Gasteiger charge is -2.19. The van der Waals surface area contributed by atoms with Crippen molar-refractivity contribution in [2.24, 2.45) is 0 Å². The van der Waals surface area contributed by atoms with E-state index >= 15 is 0 Å². The first-order valence-electron chi connectivity index (χ1n) is 30.8. The first-order chi connectivity index (χ1) is 37.1. The van der Waals surface area contributed by atoms with Gasteiger partial charge in [0.1, 0.15) is 25.9 Å². The number of carbonyl (C=O) groups excluding carboxylic acids is 5. The number of benzene rings is 1. The van der Waals surface area contributed by atoms with Crippen molar-refractivity contribution in [3.8, 4) is 0 Å². The molecule has 0 bridgehead atoms. The van der Waals surface area contributed by atoms with Gasteiger partial charge in [0.25, 0.3) is 0 Å². The molecule has 1 heterocycles. The van der Waals surface area contributed by atoms with Crippen molar-refractivity contribution >= 4 is 30.0 Å². The highest BCUT2D eigenvalue weighted by atomic mass is 16.7. The van der Waals surface area contributed by atoms with E-state index in [1.807, 2.05) is 18.2 Å². The molecule has 0 spiro atoms. The largest absolute Gasteiger partial charge is 0.466 e. The molecule has 1 fully saturated rings. The molecule has 1 aromatic carbocycles. The summed E-state index contributed by atoms with van der Waals surface area (Å²) in [7, 11) is 0. The molecule has 1 saturated heterocycles. The summed E-state index contributed by atoms with van der Waals surface area (Å²) in [5.74, 6) is -1.35. The number of ether oxygens (including phenoxy) is 7. The Morgan fingerprint density at radius 1 is 0.447 bits per heavy atom. The third kappa shape index (κ3) is 39.6. The molecule has 0 radical (unpaired) electrons. The number of unbranched alkanes of at least 4 members (excludes halogenated alkanes) is 21. The second kappa shape index (κ2) is 48.4. The molecule has 1 aliphatic rings. The van der Waals surface area contributed by atoms with Crippen molar-refractivity contribution in [3.63, 3.8) is 0 Å². The van der Waals surface area contributed by atoms with Crippen LogP contribution < -0.4 is 5.32 Å². The summed E-state index contributed by atoms with van der Waals surface area (Å²) in [5.41, 5.74) is 1.99. The summed E-state index contributed by atoms with van der Waals surface area (Å²) in [6.45, 7) is 13.8. The summed E-state index contributed by atoms with van der Waals surface area (Å²) in [4.78, 5) is 66.7. The quantitative estimate of drug-likeness (QED) is 0.0284. The lowest BCUT2D eigenvalue weighted by molar-refractivity contribution is -0.160.